The lowest BCUT2D eigenvalue weighted by Gasteiger charge is -2.36. The number of aryl methyl sites for hydroxylation is 1. The number of carbonyl (C=O) groups excluding carboxylic acids is 1. The largest absolute Gasteiger partial charge is 0.405 e. The van der Waals surface area contributed by atoms with Gasteiger partial charge in [0.05, 0.1) is 6.54 Å². The van der Waals surface area contributed by atoms with Crippen LogP contribution in [0, 0.1) is 6.92 Å². The highest BCUT2D eigenvalue weighted by Gasteiger charge is 2.28. The Morgan fingerprint density at radius 2 is 1.91 bits per heavy atom. The van der Waals surface area contributed by atoms with Crippen molar-refractivity contribution in [2.45, 2.75) is 13.1 Å². The molecular weight excluding hydrogens is 331 g/mol. The highest BCUT2D eigenvalue weighted by Crippen LogP contribution is 2.25. The minimum absolute atomic E-state index is 0.0154. The molecule has 23 heavy (non-hydrogen) atoms. The maximum atomic E-state index is 12.1. The van der Waals surface area contributed by atoms with Crippen LogP contribution in [-0.2, 0) is 4.79 Å². The molecule has 1 aliphatic rings. The first-order valence-corrected chi connectivity index (χ1v) is 7.69. The minimum Gasteiger partial charge on any atom is -0.369 e. The maximum Gasteiger partial charge on any atom is 0.405 e. The second kappa shape index (κ2) is 7.40. The van der Waals surface area contributed by atoms with Crippen LogP contribution in [0.5, 0.6) is 0 Å². The summed E-state index contributed by atoms with van der Waals surface area (Å²) >= 11 is 6.02. The smallest absolute Gasteiger partial charge is 0.369 e. The molecule has 4 nitrogen and oxygen atoms in total. The third kappa shape index (κ3) is 5.58. The van der Waals surface area contributed by atoms with Crippen LogP contribution >= 0.6 is 11.6 Å². The summed E-state index contributed by atoms with van der Waals surface area (Å²) in [6.07, 6.45) is -4.38. The van der Waals surface area contributed by atoms with E-state index in [2.05, 4.69) is 4.90 Å². The molecule has 128 valence electrons. The predicted molar refractivity (Wildman–Crippen MR) is 83.9 cm³/mol. The maximum absolute atomic E-state index is 12.1. The van der Waals surface area contributed by atoms with Crippen LogP contribution in [0.3, 0.4) is 0 Å². The van der Waals surface area contributed by atoms with Gasteiger partial charge in [0.15, 0.2) is 0 Å². The van der Waals surface area contributed by atoms with Gasteiger partial charge in [-0.15, -0.1) is 0 Å². The van der Waals surface area contributed by atoms with Gasteiger partial charge in [-0.3, -0.25) is 9.69 Å². The van der Waals surface area contributed by atoms with Gasteiger partial charge in [0.2, 0.25) is 5.91 Å². The van der Waals surface area contributed by atoms with E-state index in [1.54, 1.807) is 0 Å². The van der Waals surface area contributed by atoms with E-state index in [-0.39, 0.29) is 6.54 Å². The van der Waals surface area contributed by atoms with E-state index in [4.69, 9.17) is 11.6 Å². The minimum atomic E-state index is -4.38. The number of nitrogens with zero attached hydrogens (tertiary/aromatic N) is 2. The molecule has 1 heterocycles. The number of benzene rings is 1. The molecule has 0 aliphatic carbocycles. The van der Waals surface area contributed by atoms with E-state index in [9.17, 15) is 18.0 Å². The predicted octanol–water partition coefficient (Wildman–Crippen LogP) is 2.45. The van der Waals surface area contributed by atoms with Gasteiger partial charge < -0.3 is 10.2 Å². The molecule has 0 bridgehead atoms. The lowest BCUT2D eigenvalue weighted by Crippen LogP contribution is -2.50. The van der Waals surface area contributed by atoms with Crippen LogP contribution < -0.4 is 10.2 Å². The Kier molecular flexibility index (Phi) is 5.75. The third-order valence-corrected chi connectivity index (χ3v) is 3.97. The Morgan fingerprint density at radius 1 is 1.26 bits per heavy atom. The lowest BCUT2D eigenvalue weighted by atomic mass is 10.1. The zero-order valence-corrected chi connectivity index (χ0v) is 13.5. The average Bonchev–Trinajstić information content (AvgIpc) is 2.48. The van der Waals surface area contributed by atoms with E-state index >= 15 is 0 Å². The van der Waals surface area contributed by atoms with Crippen molar-refractivity contribution in [2.75, 3.05) is 44.2 Å². The Balaban J connectivity index is 1.82. The summed E-state index contributed by atoms with van der Waals surface area (Å²) in [5, 5.41) is 2.56. The Morgan fingerprint density at radius 3 is 2.52 bits per heavy atom. The highest BCUT2D eigenvalue weighted by molar-refractivity contribution is 6.30. The molecular formula is C15H19ClF3N3O. The number of hydrogen-bond donors (Lipinski definition) is 1. The number of piperazine rings is 1. The number of amides is 1. The Labute approximate surface area is 138 Å². The van der Waals surface area contributed by atoms with Gasteiger partial charge in [-0.25, -0.2) is 0 Å². The number of carbonyl (C=O) groups is 1. The van der Waals surface area contributed by atoms with Gasteiger partial charge >= 0.3 is 6.18 Å². The summed E-state index contributed by atoms with van der Waals surface area (Å²) in [6.45, 7) is 3.34. The zero-order chi connectivity index (χ0) is 17.0. The number of rotatable bonds is 4. The fourth-order valence-electron chi connectivity index (χ4n) is 2.53. The Bertz CT molecular complexity index is 557. The van der Waals surface area contributed by atoms with Crippen molar-refractivity contribution in [1.29, 1.82) is 0 Å². The van der Waals surface area contributed by atoms with Gasteiger partial charge in [-0.1, -0.05) is 17.7 Å². The van der Waals surface area contributed by atoms with Crippen molar-refractivity contribution >= 4 is 23.2 Å². The molecule has 1 amide bonds. The molecule has 0 spiro atoms. The second-order valence-corrected chi connectivity index (χ2v) is 6.02. The van der Waals surface area contributed by atoms with E-state index in [0.29, 0.717) is 31.2 Å². The molecule has 2 rings (SSSR count). The quantitative estimate of drug-likeness (QED) is 0.907. The van der Waals surface area contributed by atoms with Crippen LogP contribution in [0.15, 0.2) is 18.2 Å². The molecule has 1 saturated heterocycles. The van der Waals surface area contributed by atoms with Gasteiger partial charge in [-0.2, -0.15) is 13.2 Å². The molecule has 0 atom stereocenters. The summed E-state index contributed by atoms with van der Waals surface area (Å²) in [7, 11) is 0. The number of alkyl halides is 3. The normalized spacial score (nSPS) is 16.5. The number of anilines is 1. The lowest BCUT2D eigenvalue weighted by molar-refractivity contribution is -0.139. The van der Waals surface area contributed by atoms with Crippen LogP contribution in [0.4, 0.5) is 18.9 Å². The van der Waals surface area contributed by atoms with E-state index in [0.717, 1.165) is 11.3 Å². The molecule has 0 saturated carbocycles. The van der Waals surface area contributed by atoms with Crippen molar-refractivity contribution in [1.82, 2.24) is 10.2 Å². The first-order valence-electron chi connectivity index (χ1n) is 7.31. The first kappa shape index (κ1) is 17.9. The number of nitrogens with one attached hydrogen (secondary N) is 1. The molecule has 0 radical (unpaired) electrons. The highest BCUT2D eigenvalue weighted by atomic mass is 35.5. The summed E-state index contributed by atoms with van der Waals surface area (Å²) in [4.78, 5) is 15.5. The molecule has 8 heteroatoms. The van der Waals surface area contributed by atoms with Crippen LogP contribution in [0.1, 0.15) is 5.56 Å². The van der Waals surface area contributed by atoms with Gasteiger partial charge in [0, 0.05) is 36.9 Å². The standard InChI is InChI=1S/C15H19ClF3N3O/c1-11-2-3-12(16)8-13(11)22-6-4-21(5-7-22)9-14(23)20-10-15(17,18)19/h2-3,8H,4-7,9-10H2,1H3,(H,20,23). The number of halogens is 4. The summed E-state index contributed by atoms with van der Waals surface area (Å²) in [5.41, 5.74) is 2.17. The van der Waals surface area contributed by atoms with Gasteiger partial charge in [0.1, 0.15) is 6.54 Å². The molecule has 0 aromatic heterocycles. The zero-order valence-electron chi connectivity index (χ0n) is 12.8. The van der Waals surface area contributed by atoms with Gasteiger partial charge in [0.25, 0.3) is 0 Å². The van der Waals surface area contributed by atoms with Crippen molar-refractivity contribution in [3.63, 3.8) is 0 Å². The number of hydrogen-bond acceptors (Lipinski definition) is 3. The van der Waals surface area contributed by atoms with Gasteiger partial charge in [-0.05, 0) is 24.6 Å². The van der Waals surface area contributed by atoms with Crippen LogP contribution in [-0.4, -0.2) is 56.3 Å². The Hall–Kier alpha value is -1.47. The first-order chi connectivity index (χ1) is 10.7. The van der Waals surface area contributed by atoms with E-state index in [1.165, 1.54) is 0 Å². The van der Waals surface area contributed by atoms with Crippen molar-refractivity contribution in [2.24, 2.45) is 0 Å². The van der Waals surface area contributed by atoms with Crippen molar-refractivity contribution < 1.29 is 18.0 Å². The third-order valence-electron chi connectivity index (χ3n) is 3.74. The average molecular weight is 350 g/mol. The monoisotopic (exact) mass is 349 g/mol. The van der Waals surface area contributed by atoms with E-state index in [1.807, 2.05) is 35.3 Å². The summed E-state index contributed by atoms with van der Waals surface area (Å²) in [6, 6.07) is 5.69. The molecule has 0 unspecified atom stereocenters. The summed E-state index contributed by atoms with van der Waals surface area (Å²) in [5.74, 6) is -0.602. The van der Waals surface area contributed by atoms with Crippen LogP contribution in [0.25, 0.3) is 0 Å². The fraction of sp³-hybridized carbons (Fsp3) is 0.533. The molecule has 1 fully saturated rings. The molecule has 1 aliphatic heterocycles. The van der Waals surface area contributed by atoms with Crippen molar-refractivity contribution in [3.05, 3.63) is 28.8 Å². The molecule has 1 aromatic rings. The van der Waals surface area contributed by atoms with Crippen molar-refractivity contribution in [3.8, 4) is 0 Å². The molecule has 1 aromatic carbocycles. The van der Waals surface area contributed by atoms with Crippen LogP contribution in [0.2, 0.25) is 5.02 Å². The van der Waals surface area contributed by atoms with E-state index < -0.39 is 18.6 Å². The summed E-state index contributed by atoms with van der Waals surface area (Å²) < 4.78 is 36.2. The molecule has 1 N–H and O–H groups in total. The topological polar surface area (TPSA) is 35.6 Å². The fourth-order valence-corrected chi connectivity index (χ4v) is 2.69. The SMILES string of the molecule is Cc1ccc(Cl)cc1N1CCN(CC(=O)NCC(F)(F)F)CC1. The second-order valence-electron chi connectivity index (χ2n) is 5.59.